The van der Waals surface area contributed by atoms with E-state index in [0.29, 0.717) is 0 Å². The summed E-state index contributed by atoms with van der Waals surface area (Å²) in [6.07, 6.45) is 0.648. The average molecular weight is 576 g/mol. The number of amides is 2. The quantitative estimate of drug-likeness (QED) is 0.445. The van der Waals surface area contributed by atoms with Gasteiger partial charge in [-0.05, 0) is 45.9 Å². The number of aryl methyl sites for hydroxylation is 1. The van der Waals surface area contributed by atoms with E-state index >= 15 is 8.78 Å². The summed E-state index contributed by atoms with van der Waals surface area (Å²) in [6, 6.07) is 6.95. The summed E-state index contributed by atoms with van der Waals surface area (Å²) in [7, 11) is 1.51. The van der Waals surface area contributed by atoms with Crippen LogP contribution in [0.5, 0.6) is 0 Å². The lowest BCUT2D eigenvalue weighted by Gasteiger charge is -2.43. The van der Waals surface area contributed by atoms with Crippen LogP contribution >= 0.6 is 11.6 Å². The number of rotatable bonds is 4. The smallest absolute Gasteiger partial charge is 0.410 e. The SMILES string of the molecule is Cn1cc(F)c(N2CC(C)(c3cccc(Cl)c3F)c3c(ccc(NC4CN(C(=O)OC(C)(C)C)C4)c3F)C2=O)n1. The number of hydrogen-bond donors (Lipinski definition) is 1. The second kappa shape index (κ2) is 9.72. The van der Waals surface area contributed by atoms with Gasteiger partial charge >= 0.3 is 6.09 Å². The van der Waals surface area contributed by atoms with Crippen molar-refractivity contribution in [2.75, 3.05) is 29.9 Å². The molecule has 0 aliphatic carbocycles. The summed E-state index contributed by atoms with van der Waals surface area (Å²) < 4.78 is 53.2. The number of nitrogens with zero attached hydrogens (tertiary/aromatic N) is 4. The number of ether oxygens (including phenoxy) is 1. The Morgan fingerprint density at radius 1 is 1.15 bits per heavy atom. The lowest BCUT2D eigenvalue weighted by atomic mass is 9.70. The summed E-state index contributed by atoms with van der Waals surface area (Å²) in [6.45, 7) is 7.18. The molecule has 1 N–H and O–H groups in total. The van der Waals surface area contributed by atoms with Crippen LogP contribution < -0.4 is 10.2 Å². The molecule has 2 aliphatic heterocycles. The van der Waals surface area contributed by atoms with Crippen molar-refractivity contribution in [3.05, 3.63) is 75.7 Å². The van der Waals surface area contributed by atoms with Crippen LogP contribution in [0.2, 0.25) is 5.02 Å². The number of aromatic nitrogens is 2. The molecule has 0 spiro atoms. The standard InChI is InChI=1S/C28H29ClF3N5O3/c1-27(2,3)40-26(39)36-11-15(12-36)33-20-10-9-16-21(23(20)32)28(4,17-7-6-8-18(29)22(17)31)14-37(25(16)38)24-19(30)13-35(5)34-24/h6-10,13,15,33H,11-12,14H2,1-5H3. The molecular weight excluding hydrogens is 547 g/mol. The maximum Gasteiger partial charge on any atom is 0.410 e. The van der Waals surface area contributed by atoms with Crippen molar-refractivity contribution in [2.24, 2.45) is 7.05 Å². The van der Waals surface area contributed by atoms with E-state index in [1.54, 1.807) is 27.7 Å². The highest BCUT2D eigenvalue weighted by Crippen LogP contribution is 2.45. The number of likely N-dealkylation sites (tertiary alicyclic amines) is 1. The zero-order valence-corrected chi connectivity index (χ0v) is 23.4. The average Bonchev–Trinajstić information content (AvgIpc) is 3.17. The molecule has 1 aromatic heterocycles. The first-order valence-electron chi connectivity index (χ1n) is 12.7. The third-order valence-corrected chi connectivity index (χ3v) is 7.40. The van der Waals surface area contributed by atoms with Gasteiger partial charge in [0, 0.05) is 48.8 Å². The van der Waals surface area contributed by atoms with Crippen molar-refractivity contribution in [1.82, 2.24) is 14.7 Å². The summed E-state index contributed by atoms with van der Waals surface area (Å²) in [4.78, 5) is 28.5. The lowest BCUT2D eigenvalue weighted by molar-refractivity contribution is 0.0104. The van der Waals surface area contributed by atoms with E-state index in [0.717, 1.165) is 11.1 Å². The second-order valence-electron chi connectivity index (χ2n) is 11.4. The largest absolute Gasteiger partial charge is 0.444 e. The monoisotopic (exact) mass is 575 g/mol. The molecule has 12 heteroatoms. The van der Waals surface area contributed by atoms with Crippen molar-refractivity contribution < 1.29 is 27.5 Å². The van der Waals surface area contributed by atoms with Gasteiger partial charge in [0.05, 0.1) is 22.9 Å². The first-order valence-corrected chi connectivity index (χ1v) is 13.1. The molecule has 40 heavy (non-hydrogen) atoms. The summed E-state index contributed by atoms with van der Waals surface area (Å²) in [5, 5.41) is 6.99. The zero-order valence-electron chi connectivity index (χ0n) is 22.7. The Labute approximate surface area is 234 Å². The minimum absolute atomic E-state index is 0.0421. The predicted molar refractivity (Wildman–Crippen MR) is 144 cm³/mol. The first-order chi connectivity index (χ1) is 18.7. The Morgan fingerprint density at radius 2 is 1.85 bits per heavy atom. The van der Waals surface area contributed by atoms with Gasteiger partial charge in [0.2, 0.25) is 0 Å². The molecule has 8 nitrogen and oxygen atoms in total. The molecule has 2 amide bonds. The zero-order chi connectivity index (χ0) is 29.1. The maximum atomic E-state index is 16.4. The van der Waals surface area contributed by atoms with E-state index in [4.69, 9.17) is 16.3 Å². The molecule has 0 bridgehead atoms. The Hall–Kier alpha value is -3.73. The third kappa shape index (κ3) is 4.76. The second-order valence-corrected chi connectivity index (χ2v) is 11.8. The van der Waals surface area contributed by atoms with Gasteiger partial charge in [-0.1, -0.05) is 23.7 Å². The third-order valence-electron chi connectivity index (χ3n) is 7.10. The van der Waals surface area contributed by atoms with Crippen LogP contribution in [0.4, 0.5) is 29.5 Å². The van der Waals surface area contributed by atoms with Crippen molar-refractivity contribution in [2.45, 2.75) is 44.8 Å². The van der Waals surface area contributed by atoms with Gasteiger partial charge in [-0.2, -0.15) is 5.10 Å². The highest BCUT2D eigenvalue weighted by molar-refractivity contribution is 6.30. The van der Waals surface area contributed by atoms with Gasteiger partial charge in [-0.25, -0.2) is 18.0 Å². The fraction of sp³-hybridized carbons (Fsp3) is 0.393. The van der Waals surface area contributed by atoms with Crippen LogP contribution in [0.1, 0.15) is 49.2 Å². The van der Waals surface area contributed by atoms with Crippen LogP contribution in [-0.4, -0.2) is 58.0 Å². The van der Waals surface area contributed by atoms with Gasteiger partial charge in [-0.3, -0.25) is 14.4 Å². The van der Waals surface area contributed by atoms with E-state index in [1.165, 1.54) is 47.0 Å². The van der Waals surface area contributed by atoms with Crippen LogP contribution in [-0.2, 0) is 17.2 Å². The molecular formula is C28H29ClF3N5O3. The van der Waals surface area contributed by atoms with Gasteiger partial charge in [0.15, 0.2) is 17.5 Å². The molecule has 1 saturated heterocycles. The maximum absolute atomic E-state index is 16.4. The Morgan fingerprint density at radius 3 is 2.48 bits per heavy atom. The summed E-state index contributed by atoms with van der Waals surface area (Å²) in [5.41, 5.74) is -2.06. The molecule has 1 unspecified atom stereocenters. The van der Waals surface area contributed by atoms with Gasteiger partial charge in [0.1, 0.15) is 11.4 Å². The fourth-order valence-electron chi connectivity index (χ4n) is 5.23. The Balaban J connectivity index is 1.53. The minimum Gasteiger partial charge on any atom is -0.444 e. The van der Waals surface area contributed by atoms with E-state index < -0.39 is 40.5 Å². The highest BCUT2D eigenvalue weighted by atomic mass is 35.5. The van der Waals surface area contributed by atoms with Crippen LogP contribution in [0.15, 0.2) is 36.5 Å². The van der Waals surface area contributed by atoms with Gasteiger partial charge in [0.25, 0.3) is 5.91 Å². The van der Waals surface area contributed by atoms with Crippen LogP contribution in [0.25, 0.3) is 0 Å². The molecule has 0 saturated carbocycles. The van der Waals surface area contributed by atoms with E-state index in [9.17, 15) is 14.0 Å². The molecule has 5 rings (SSSR count). The molecule has 2 aliphatic rings. The van der Waals surface area contributed by atoms with Gasteiger partial charge < -0.3 is 15.0 Å². The summed E-state index contributed by atoms with van der Waals surface area (Å²) in [5.74, 6) is -3.17. The van der Waals surface area contributed by atoms with Gasteiger partial charge in [-0.15, -0.1) is 0 Å². The van der Waals surface area contributed by atoms with Crippen molar-refractivity contribution in [3.8, 4) is 0 Å². The number of fused-ring (bicyclic) bond motifs is 1. The number of benzene rings is 2. The topological polar surface area (TPSA) is 79.7 Å². The van der Waals surface area contributed by atoms with Crippen molar-refractivity contribution in [1.29, 1.82) is 0 Å². The van der Waals surface area contributed by atoms with Crippen LogP contribution in [0.3, 0.4) is 0 Å². The number of carbonyl (C=O) groups is 2. The van der Waals surface area contributed by atoms with E-state index in [-0.39, 0.29) is 58.9 Å². The van der Waals surface area contributed by atoms with E-state index in [2.05, 4.69) is 10.4 Å². The fourth-order valence-corrected chi connectivity index (χ4v) is 5.41. The molecule has 1 fully saturated rings. The lowest BCUT2D eigenvalue weighted by Crippen LogP contribution is -2.58. The predicted octanol–water partition coefficient (Wildman–Crippen LogP) is 5.49. The Kier molecular flexibility index (Phi) is 6.76. The minimum atomic E-state index is -1.47. The molecule has 1 atom stereocenters. The molecule has 3 aromatic rings. The number of nitrogens with one attached hydrogen (secondary N) is 1. The molecule has 3 heterocycles. The number of carbonyl (C=O) groups excluding carboxylic acids is 2. The number of anilines is 2. The normalized spacial score (nSPS) is 19.4. The first kappa shape index (κ1) is 27.8. The highest BCUT2D eigenvalue weighted by Gasteiger charge is 2.47. The van der Waals surface area contributed by atoms with Crippen molar-refractivity contribution in [3.63, 3.8) is 0 Å². The summed E-state index contributed by atoms with van der Waals surface area (Å²) >= 11 is 6.10. The molecule has 2 aromatic carbocycles. The van der Waals surface area contributed by atoms with E-state index in [1.807, 2.05) is 0 Å². The van der Waals surface area contributed by atoms with Crippen LogP contribution in [0, 0.1) is 17.5 Å². The van der Waals surface area contributed by atoms with Crippen molar-refractivity contribution >= 4 is 35.1 Å². The molecule has 212 valence electrons. The number of hydrogen-bond acceptors (Lipinski definition) is 5. The number of halogens is 4. The Bertz CT molecular complexity index is 1520. The molecule has 0 radical (unpaired) electrons.